The Balaban J connectivity index is 0.00000198. The van der Waals surface area contributed by atoms with Crippen molar-refractivity contribution in [2.45, 2.75) is 249 Å². The number of rotatable bonds is 10. The molecule has 0 spiro atoms. The molecule has 9 rings (SSSR count). The first-order valence-corrected chi connectivity index (χ1v) is 26.4. The molecule has 358 valence electrons. The maximum absolute atomic E-state index is 5.81. The number of pyridine rings is 1. The van der Waals surface area contributed by atoms with E-state index in [1.54, 1.807) is 33.4 Å². The van der Waals surface area contributed by atoms with Gasteiger partial charge in [-0.3, -0.25) is 9.98 Å². The Hall–Kier alpha value is -1.69. The van der Waals surface area contributed by atoms with Gasteiger partial charge in [-0.2, -0.15) is 0 Å². The molecule has 6 saturated carbocycles. The van der Waals surface area contributed by atoms with Crippen LogP contribution in [0.2, 0.25) is 0 Å². The quantitative estimate of drug-likeness (QED) is 0.187. The second-order valence-corrected chi connectivity index (χ2v) is 21.4. The van der Waals surface area contributed by atoms with Gasteiger partial charge in [0.05, 0.1) is 34.2 Å². The number of aryl methyl sites for hydroxylation is 1. The Bertz CT molecular complexity index is 1790. The molecule has 6 aliphatic carbocycles. The summed E-state index contributed by atoms with van der Waals surface area (Å²) in [5.74, 6) is 3.96. The summed E-state index contributed by atoms with van der Waals surface area (Å²) >= 11 is 0. The van der Waals surface area contributed by atoms with Crippen molar-refractivity contribution in [2.75, 3.05) is 0 Å². The van der Waals surface area contributed by atoms with Gasteiger partial charge in [0.2, 0.25) is 0 Å². The van der Waals surface area contributed by atoms with Gasteiger partial charge in [0.25, 0.3) is 0 Å². The minimum Gasteiger partial charge on any atom is -1.00 e. The van der Waals surface area contributed by atoms with E-state index in [0.29, 0.717) is 23.7 Å². The Morgan fingerprint density at radius 2 is 0.600 bits per heavy atom. The van der Waals surface area contributed by atoms with Crippen molar-refractivity contribution in [1.29, 1.82) is 0 Å². The molecule has 65 heavy (non-hydrogen) atoms. The number of aromatic nitrogens is 1. The maximum Gasteiger partial charge on any atom is 3.00 e. The van der Waals surface area contributed by atoms with E-state index < -0.39 is 0 Å². The number of halogens is 3. The summed E-state index contributed by atoms with van der Waals surface area (Å²) in [5.41, 5.74) is 17.7. The number of aliphatic imine (C=N–C) groups is 2. The molecular formula is C58H81Cl3CoN3. The Morgan fingerprint density at radius 3 is 0.846 bits per heavy atom. The molecule has 2 aromatic carbocycles. The maximum atomic E-state index is 5.81. The number of hydrogen-bond acceptors (Lipinski definition) is 3. The van der Waals surface area contributed by atoms with Gasteiger partial charge in [-0.15, -0.1) is 0 Å². The minimum atomic E-state index is 0. The summed E-state index contributed by atoms with van der Waals surface area (Å²) in [6.07, 6.45) is 40.7. The summed E-state index contributed by atoms with van der Waals surface area (Å²) in [6, 6.07) is 15.3. The van der Waals surface area contributed by atoms with Crippen LogP contribution in [0, 0.1) is 6.92 Å². The van der Waals surface area contributed by atoms with Gasteiger partial charge in [-0.05, 0) is 184 Å². The number of nitrogens with zero attached hydrogens (tertiary/aromatic N) is 3. The minimum absolute atomic E-state index is 0. The van der Waals surface area contributed by atoms with Crippen molar-refractivity contribution >= 4 is 22.8 Å². The van der Waals surface area contributed by atoms with Crippen LogP contribution in [0.5, 0.6) is 0 Å². The predicted molar refractivity (Wildman–Crippen MR) is 261 cm³/mol. The van der Waals surface area contributed by atoms with E-state index in [1.165, 1.54) is 210 Å². The fraction of sp³-hybridized carbons (Fsp3) is 0.672. The molecule has 6 aliphatic rings. The van der Waals surface area contributed by atoms with E-state index in [4.69, 9.17) is 15.0 Å². The van der Waals surface area contributed by atoms with E-state index in [0.717, 1.165) is 34.6 Å². The standard InChI is InChI=1S/C58H81N3.3ClH.Co/c1-40-34-55(41(2)59-57-51(45-26-14-6-15-27-45)36-49(43-22-10-4-11-23-43)37-52(57)46-28-16-7-17-29-46)61-56(35-40)42(3)60-58-53(47-30-18-8-19-31-47)38-50(44-24-12-5-13-25-44)39-54(58)48-32-20-9-21-33-48;;;;/h34-39,43-48H,4-33H2,1-3H3;3*1H;/q;;;;+3/p-3. The molecule has 0 bridgehead atoms. The molecular weight excluding hydrogens is 904 g/mol. The summed E-state index contributed by atoms with van der Waals surface area (Å²) in [7, 11) is 0. The molecule has 6 fully saturated rings. The van der Waals surface area contributed by atoms with Gasteiger partial charge in [0.1, 0.15) is 0 Å². The zero-order valence-electron chi connectivity index (χ0n) is 40.5. The van der Waals surface area contributed by atoms with E-state index in [9.17, 15) is 0 Å². The molecule has 0 atom stereocenters. The number of benzene rings is 2. The van der Waals surface area contributed by atoms with Crippen LogP contribution in [0.25, 0.3) is 0 Å². The molecule has 0 aliphatic heterocycles. The largest absolute Gasteiger partial charge is 3.00 e. The molecule has 0 saturated heterocycles. The van der Waals surface area contributed by atoms with E-state index in [2.05, 4.69) is 57.2 Å². The molecule has 3 nitrogen and oxygen atoms in total. The third-order valence-electron chi connectivity index (χ3n) is 17.0. The summed E-state index contributed by atoms with van der Waals surface area (Å²) in [5, 5.41) is 0. The Labute approximate surface area is 424 Å². The van der Waals surface area contributed by atoms with Gasteiger partial charge in [0, 0.05) is 0 Å². The molecule has 1 aromatic heterocycles. The molecule has 0 amide bonds. The molecule has 3 aromatic rings. The van der Waals surface area contributed by atoms with Crippen molar-refractivity contribution in [1.82, 2.24) is 4.98 Å². The van der Waals surface area contributed by atoms with Crippen molar-refractivity contribution in [3.63, 3.8) is 0 Å². The van der Waals surface area contributed by atoms with E-state index >= 15 is 0 Å². The van der Waals surface area contributed by atoms with Crippen LogP contribution in [0.3, 0.4) is 0 Å². The van der Waals surface area contributed by atoms with Crippen LogP contribution in [0.4, 0.5) is 11.4 Å². The molecule has 0 radical (unpaired) electrons. The fourth-order valence-electron chi connectivity index (χ4n) is 13.4. The van der Waals surface area contributed by atoms with Gasteiger partial charge in [-0.25, -0.2) is 4.98 Å². The second-order valence-electron chi connectivity index (χ2n) is 21.4. The van der Waals surface area contributed by atoms with E-state index in [1.807, 2.05) is 0 Å². The van der Waals surface area contributed by atoms with Crippen LogP contribution in [0.15, 0.2) is 46.4 Å². The van der Waals surface area contributed by atoms with Crippen molar-refractivity contribution in [3.8, 4) is 0 Å². The van der Waals surface area contributed by atoms with Crippen LogP contribution < -0.4 is 37.2 Å². The Morgan fingerprint density at radius 1 is 0.369 bits per heavy atom. The SMILES string of the molecule is CC(=Nc1c(C2CCCCC2)cc(C2CCCCC2)cc1C1CCCCC1)c1cc(C)cc(C(C)=Nc2c(C3CCCCC3)cc(C3CCCCC3)cc2C2CCCCC2)n1.[Cl-].[Cl-].[Cl-].[Co+3]. The fourth-order valence-corrected chi connectivity index (χ4v) is 13.4. The first-order valence-electron chi connectivity index (χ1n) is 26.4. The average molecular weight is 986 g/mol. The van der Waals surface area contributed by atoms with Crippen molar-refractivity contribution < 1.29 is 54.0 Å². The zero-order valence-corrected chi connectivity index (χ0v) is 43.8. The number of hydrogen-bond donors (Lipinski definition) is 0. The molecule has 7 heteroatoms. The first-order chi connectivity index (χ1) is 30.0. The molecule has 1 heterocycles. The average Bonchev–Trinajstić information content (AvgIpc) is 3.33. The van der Waals surface area contributed by atoms with Crippen molar-refractivity contribution in [2.24, 2.45) is 9.98 Å². The summed E-state index contributed by atoms with van der Waals surface area (Å²) < 4.78 is 0. The van der Waals surface area contributed by atoms with Crippen molar-refractivity contribution in [3.05, 3.63) is 86.7 Å². The Kier molecular flexibility index (Phi) is 22.0. The predicted octanol–water partition coefficient (Wildman–Crippen LogP) is 8.97. The topological polar surface area (TPSA) is 37.6 Å². The zero-order chi connectivity index (χ0) is 41.5. The van der Waals surface area contributed by atoms with Crippen LogP contribution in [-0.4, -0.2) is 16.4 Å². The first kappa shape index (κ1) is 54.3. The van der Waals surface area contributed by atoms with Gasteiger partial charge in [-0.1, -0.05) is 140 Å². The second kappa shape index (κ2) is 26.3. The van der Waals surface area contributed by atoms with Crippen LogP contribution in [-0.2, 0) is 16.8 Å². The van der Waals surface area contributed by atoms with Gasteiger partial charge >= 0.3 is 16.8 Å². The summed E-state index contributed by atoms with van der Waals surface area (Å²) in [4.78, 5) is 17.1. The third-order valence-corrected chi connectivity index (χ3v) is 17.0. The smallest absolute Gasteiger partial charge is 1.00 e. The van der Waals surface area contributed by atoms with Gasteiger partial charge < -0.3 is 37.2 Å². The molecule has 0 unspecified atom stereocenters. The van der Waals surface area contributed by atoms with Crippen LogP contribution >= 0.6 is 0 Å². The summed E-state index contributed by atoms with van der Waals surface area (Å²) in [6.45, 7) is 6.78. The molecule has 0 N–H and O–H groups in total. The monoisotopic (exact) mass is 983 g/mol. The normalized spacial score (nSPS) is 21.7. The van der Waals surface area contributed by atoms with Crippen LogP contribution in [0.1, 0.15) is 292 Å². The van der Waals surface area contributed by atoms with Gasteiger partial charge in [0.15, 0.2) is 0 Å². The van der Waals surface area contributed by atoms with E-state index in [-0.39, 0.29) is 54.0 Å². The third kappa shape index (κ3) is 13.3.